The van der Waals surface area contributed by atoms with Crippen LogP contribution in [0.3, 0.4) is 0 Å². The van der Waals surface area contributed by atoms with E-state index in [4.69, 9.17) is 9.47 Å². The molecule has 0 saturated carbocycles. The van der Waals surface area contributed by atoms with E-state index in [9.17, 15) is 13.2 Å². The highest BCUT2D eigenvalue weighted by Gasteiger charge is 2.25. The average Bonchev–Trinajstić information content (AvgIpc) is 2.94. The van der Waals surface area contributed by atoms with E-state index in [1.54, 1.807) is 35.2 Å². The Kier molecular flexibility index (Phi) is 7.39. The topological polar surface area (TPSA) is 84.9 Å². The lowest BCUT2D eigenvalue weighted by Gasteiger charge is -2.26. The number of hydrogen-bond donors (Lipinski definition) is 1. The molecule has 0 saturated heterocycles. The van der Waals surface area contributed by atoms with Crippen molar-refractivity contribution >= 4 is 37.7 Å². The quantitative estimate of drug-likeness (QED) is 0.571. The fourth-order valence-electron chi connectivity index (χ4n) is 3.47. The normalized spacial score (nSPS) is 14.3. The van der Waals surface area contributed by atoms with Crippen LogP contribution < -0.4 is 9.46 Å². The Morgan fingerprint density at radius 1 is 1.09 bits per heavy atom. The van der Waals surface area contributed by atoms with Crippen LogP contribution in [-0.2, 0) is 32.9 Å². The number of halogens is 1. The SMILES string of the molecule is COc1cc2c(cc1NS(=O)(=O)c1ccc(CBr)cc1)CCN(C(=O)OC(C)(C)C)CC2. The first kappa shape index (κ1) is 24.4. The highest BCUT2D eigenvalue weighted by atomic mass is 79.9. The molecule has 2 aromatic carbocycles. The first-order chi connectivity index (χ1) is 15.0. The Bertz CT molecular complexity index is 1080. The minimum Gasteiger partial charge on any atom is -0.495 e. The van der Waals surface area contributed by atoms with E-state index in [2.05, 4.69) is 20.7 Å². The number of amides is 1. The summed E-state index contributed by atoms with van der Waals surface area (Å²) in [6.07, 6.45) is 0.879. The predicted molar refractivity (Wildman–Crippen MR) is 128 cm³/mol. The molecule has 1 amide bonds. The molecule has 1 N–H and O–H groups in total. The maximum Gasteiger partial charge on any atom is 0.410 e. The van der Waals surface area contributed by atoms with Gasteiger partial charge in [-0.1, -0.05) is 28.1 Å². The number of fused-ring (bicyclic) bond motifs is 1. The van der Waals surface area contributed by atoms with Gasteiger partial charge in [-0.3, -0.25) is 4.72 Å². The van der Waals surface area contributed by atoms with Crippen molar-refractivity contribution in [2.75, 3.05) is 24.9 Å². The highest BCUT2D eigenvalue weighted by molar-refractivity contribution is 9.08. The summed E-state index contributed by atoms with van der Waals surface area (Å²) in [6.45, 7) is 6.54. The van der Waals surface area contributed by atoms with E-state index >= 15 is 0 Å². The second kappa shape index (κ2) is 9.70. The van der Waals surface area contributed by atoms with E-state index in [0.717, 1.165) is 16.7 Å². The number of hydrogen-bond acceptors (Lipinski definition) is 5. The Balaban J connectivity index is 1.83. The summed E-state index contributed by atoms with van der Waals surface area (Å²) in [5.41, 5.74) is 2.81. The molecule has 0 aliphatic carbocycles. The summed E-state index contributed by atoms with van der Waals surface area (Å²) < 4.78 is 39.5. The van der Waals surface area contributed by atoms with Gasteiger partial charge in [0.1, 0.15) is 11.4 Å². The zero-order valence-electron chi connectivity index (χ0n) is 18.8. The summed E-state index contributed by atoms with van der Waals surface area (Å²) >= 11 is 3.36. The summed E-state index contributed by atoms with van der Waals surface area (Å²) in [4.78, 5) is 14.3. The highest BCUT2D eigenvalue weighted by Crippen LogP contribution is 2.32. The number of anilines is 1. The van der Waals surface area contributed by atoms with E-state index in [-0.39, 0.29) is 11.0 Å². The largest absolute Gasteiger partial charge is 0.495 e. The number of ether oxygens (including phenoxy) is 2. The lowest BCUT2D eigenvalue weighted by Crippen LogP contribution is -2.38. The lowest BCUT2D eigenvalue weighted by molar-refractivity contribution is 0.0258. The number of nitrogens with zero attached hydrogens (tertiary/aromatic N) is 1. The fourth-order valence-corrected chi connectivity index (χ4v) is 4.91. The van der Waals surface area contributed by atoms with Gasteiger partial charge in [-0.05, 0) is 74.6 Å². The molecule has 0 spiro atoms. The van der Waals surface area contributed by atoms with Crippen LogP contribution in [0.5, 0.6) is 5.75 Å². The molecule has 3 rings (SSSR count). The van der Waals surface area contributed by atoms with E-state index in [1.807, 2.05) is 26.8 Å². The van der Waals surface area contributed by atoms with Crippen LogP contribution in [0, 0.1) is 0 Å². The van der Waals surface area contributed by atoms with Crippen molar-refractivity contribution in [1.29, 1.82) is 0 Å². The number of benzene rings is 2. The van der Waals surface area contributed by atoms with Gasteiger partial charge in [0.15, 0.2) is 0 Å². The maximum atomic E-state index is 12.9. The van der Waals surface area contributed by atoms with Crippen LogP contribution in [0.15, 0.2) is 41.3 Å². The predicted octanol–water partition coefficient (Wildman–Crippen LogP) is 4.73. The summed E-state index contributed by atoms with van der Waals surface area (Å²) in [5.74, 6) is 0.440. The second-order valence-electron chi connectivity index (χ2n) is 8.67. The van der Waals surface area contributed by atoms with Crippen molar-refractivity contribution in [2.45, 2.75) is 49.4 Å². The van der Waals surface area contributed by atoms with Gasteiger partial charge in [0.2, 0.25) is 0 Å². The van der Waals surface area contributed by atoms with Gasteiger partial charge in [-0.2, -0.15) is 0 Å². The molecule has 1 aliphatic rings. The molecule has 0 fully saturated rings. The molecule has 9 heteroatoms. The number of carbonyl (C=O) groups is 1. The van der Waals surface area contributed by atoms with Gasteiger partial charge in [0, 0.05) is 18.4 Å². The second-order valence-corrected chi connectivity index (χ2v) is 10.9. The number of methoxy groups -OCH3 is 1. The van der Waals surface area contributed by atoms with Crippen molar-refractivity contribution in [3.8, 4) is 5.75 Å². The van der Waals surface area contributed by atoms with Gasteiger partial charge in [-0.15, -0.1) is 0 Å². The number of nitrogens with one attached hydrogen (secondary N) is 1. The Morgan fingerprint density at radius 2 is 1.69 bits per heavy atom. The van der Waals surface area contributed by atoms with Crippen molar-refractivity contribution in [3.63, 3.8) is 0 Å². The van der Waals surface area contributed by atoms with Crippen LogP contribution in [0.25, 0.3) is 0 Å². The molecule has 2 aromatic rings. The molecule has 0 aromatic heterocycles. The third kappa shape index (κ3) is 5.95. The van der Waals surface area contributed by atoms with E-state index in [0.29, 0.717) is 42.7 Å². The van der Waals surface area contributed by atoms with Crippen molar-refractivity contribution < 1.29 is 22.7 Å². The molecule has 0 atom stereocenters. The smallest absolute Gasteiger partial charge is 0.410 e. The van der Waals surface area contributed by atoms with Crippen LogP contribution in [0.4, 0.5) is 10.5 Å². The molecule has 1 aliphatic heterocycles. The van der Waals surface area contributed by atoms with Gasteiger partial charge < -0.3 is 14.4 Å². The van der Waals surface area contributed by atoms with Gasteiger partial charge in [0.25, 0.3) is 10.0 Å². The molecule has 0 radical (unpaired) electrons. The van der Waals surface area contributed by atoms with Crippen molar-refractivity contribution in [1.82, 2.24) is 4.90 Å². The number of carbonyl (C=O) groups excluding carboxylic acids is 1. The molecule has 174 valence electrons. The Labute approximate surface area is 198 Å². The van der Waals surface area contributed by atoms with Crippen LogP contribution in [-0.4, -0.2) is 45.2 Å². The fraction of sp³-hybridized carbons (Fsp3) is 0.435. The van der Waals surface area contributed by atoms with Crippen molar-refractivity contribution in [2.24, 2.45) is 0 Å². The third-order valence-corrected chi connectivity index (χ3v) is 7.14. The Morgan fingerprint density at radius 3 is 2.22 bits per heavy atom. The molecule has 0 unspecified atom stereocenters. The first-order valence-corrected chi connectivity index (χ1v) is 13.0. The van der Waals surface area contributed by atoms with Crippen LogP contribution in [0.1, 0.15) is 37.5 Å². The molecule has 7 nitrogen and oxygen atoms in total. The number of rotatable bonds is 5. The summed E-state index contributed by atoms with van der Waals surface area (Å²) in [5, 5.41) is 0.652. The zero-order valence-corrected chi connectivity index (χ0v) is 21.2. The molecular weight excluding hydrogens is 496 g/mol. The molecule has 32 heavy (non-hydrogen) atoms. The maximum absolute atomic E-state index is 12.9. The number of alkyl halides is 1. The number of sulfonamides is 1. The van der Waals surface area contributed by atoms with Gasteiger partial charge in [-0.25, -0.2) is 13.2 Å². The van der Waals surface area contributed by atoms with E-state index in [1.165, 1.54) is 7.11 Å². The zero-order chi connectivity index (χ0) is 23.5. The lowest BCUT2D eigenvalue weighted by atomic mass is 10.0. The van der Waals surface area contributed by atoms with E-state index < -0.39 is 15.6 Å². The Hall–Kier alpha value is -2.26. The van der Waals surface area contributed by atoms with Gasteiger partial charge >= 0.3 is 6.09 Å². The first-order valence-electron chi connectivity index (χ1n) is 10.4. The third-order valence-electron chi connectivity index (χ3n) is 5.11. The molecular formula is C23H29BrN2O5S. The van der Waals surface area contributed by atoms with Gasteiger partial charge in [0.05, 0.1) is 17.7 Å². The van der Waals surface area contributed by atoms with Crippen LogP contribution in [0.2, 0.25) is 0 Å². The minimum absolute atomic E-state index is 0.176. The molecule has 0 bridgehead atoms. The monoisotopic (exact) mass is 524 g/mol. The summed E-state index contributed by atoms with van der Waals surface area (Å²) in [7, 11) is -2.27. The average molecular weight is 525 g/mol. The summed E-state index contributed by atoms with van der Waals surface area (Å²) in [6, 6.07) is 10.3. The standard InChI is InChI=1S/C23H29BrN2O5S/c1-23(2,3)31-22(27)26-11-9-17-13-20(21(30-4)14-18(17)10-12-26)25-32(28,29)19-7-5-16(15-24)6-8-19/h5-8,13-14,25H,9-12,15H2,1-4H3. The van der Waals surface area contributed by atoms with Crippen molar-refractivity contribution in [3.05, 3.63) is 53.1 Å². The van der Waals surface area contributed by atoms with Crippen LogP contribution >= 0.6 is 15.9 Å². The molecule has 1 heterocycles. The minimum atomic E-state index is -3.78.